The molecule has 0 saturated heterocycles. The predicted octanol–water partition coefficient (Wildman–Crippen LogP) is 2.75. The molecule has 0 saturated carbocycles. The van der Waals surface area contributed by atoms with Gasteiger partial charge in [-0.2, -0.15) is 5.10 Å². The first-order valence-electron chi connectivity index (χ1n) is 8.07. The molecule has 0 aliphatic heterocycles. The highest BCUT2D eigenvalue weighted by Gasteiger charge is 2.11. The van der Waals surface area contributed by atoms with Crippen LogP contribution in [-0.4, -0.2) is 21.5 Å². The van der Waals surface area contributed by atoms with Gasteiger partial charge in [0.1, 0.15) is 5.69 Å². The smallest absolute Gasteiger partial charge is 0.276 e. The number of anilines is 1. The van der Waals surface area contributed by atoms with Gasteiger partial charge in [-0.1, -0.05) is 30.3 Å². The fraction of sp³-hybridized carbons (Fsp3) is 0.100. The zero-order chi connectivity index (χ0) is 18.5. The minimum atomic E-state index is -0.428. The van der Waals surface area contributed by atoms with Gasteiger partial charge in [0.2, 0.25) is 0 Å². The summed E-state index contributed by atoms with van der Waals surface area (Å²) in [6, 6.07) is 18.7. The van der Waals surface area contributed by atoms with Crippen molar-refractivity contribution < 1.29 is 9.59 Å². The summed E-state index contributed by atoms with van der Waals surface area (Å²) >= 11 is 0. The van der Waals surface area contributed by atoms with Crippen LogP contribution in [0.2, 0.25) is 0 Å². The number of hydrogen-bond acceptors (Lipinski definition) is 4. The minimum Gasteiger partial charge on any atom is -0.321 e. The Morgan fingerprint density at radius 3 is 2.31 bits per heavy atom. The largest absolute Gasteiger partial charge is 0.321 e. The van der Waals surface area contributed by atoms with Crippen LogP contribution in [0.4, 0.5) is 5.69 Å². The second-order valence-electron chi connectivity index (χ2n) is 5.79. The monoisotopic (exact) mass is 347 g/mol. The normalized spacial score (nSPS) is 10.3. The average Bonchev–Trinajstić information content (AvgIpc) is 2.65. The van der Waals surface area contributed by atoms with E-state index in [4.69, 9.17) is 0 Å². The fourth-order valence-electron chi connectivity index (χ4n) is 2.42. The predicted molar refractivity (Wildman–Crippen MR) is 98.4 cm³/mol. The van der Waals surface area contributed by atoms with Gasteiger partial charge in [0, 0.05) is 17.3 Å². The molecule has 0 aliphatic rings. The molecule has 0 atom stereocenters. The van der Waals surface area contributed by atoms with E-state index in [1.165, 1.54) is 23.7 Å². The summed E-state index contributed by atoms with van der Waals surface area (Å²) in [5.74, 6) is -0.472. The second-order valence-corrected chi connectivity index (χ2v) is 5.79. The lowest BCUT2D eigenvalue weighted by Gasteiger charge is -2.08. The Balaban J connectivity index is 1.78. The highest BCUT2D eigenvalue weighted by atomic mass is 16.2. The molecule has 130 valence electrons. The van der Waals surface area contributed by atoms with Crippen LogP contribution in [0.15, 0.2) is 71.5 Å². The third kappa shape index (κ3) is 4.10. The van der Waals surface area contributed by atoms with Gasteiger partial charge in [-0.3, -0.25) is 14.4 Å². The summed E-state index contributed by atoms with van der Waals surface area (Å²) in [7, 11) is 0. The number of benzene rings is 2. The molecule has 6 heteroatoms. The molecule has 3 rings (SSSR count). The summed E-state index contributed by atoms with van der Waals surface area (Å²) in [6.07, 6.45) is 0. The van der Waals surface area contributed by atoms with Gasteiger partial charge in [0.05, 0.1) is 6.54 Å². The molecule has 0 bridgehead atoms. The van der Waals surface area contributed by atoms with Crippen LogP contribution in [0.5, 0.6) is 0 Å². The van der Waals surface area contributed by atoms with Gasteiger partial charge in [-0.05, 0) is 42.8 Å². The molecule has 0 radical (unpaired) electrons. The molecule has 0 unspecified atom stereocenters. The minimum absolute atomic E-state index is 0.0440. The van der Waals surface area contributed by atoms with Gasteiger partial charge >= 0.3 is 0 Å². The van der Waals surface area contributed by atoms with Gasteiger partial charge in [-0.15, -0.1) is 0 Å². The summed E-state index contributed by atoms with van der Waals surface area (Å²) in [6.45, 7) is 1.77. The highest BCUT2D eigenvalue weighted by Crippen LogP contribution is 2.11. The van der Waals surface area contributed by atoms with Crippen molar-refractivity contribution in [2.75, 3.05) is 5.32 Å². The topological polar surface area (TPSA) is 81.1 Å². The SMILES string of the molecule is CC(=O)c1ccc(NC(=O)c2ccc(=O)n(Cc3ccccc3)n2)cc1. The van der Waals surface area contributed by atoms with Crippen LogP contribution < -0.4 is 10.9 Å². The first kappa shape index (κ1) is 17.3. The maximum absolute atomic E-state index is 12.4. The number of ketones is 1. The Morgan fingerprint density at radius 1 is 0.962 bits per heavy atom. The Morgan fingerprint density at radius 2 is 1.65 bits per heavy atom. The molecular formula is C20H17N3O3. The Labute approximate surface area is 150 Å². The average molecular weight is 347 g/mol. The molecular weight excluding hydrogens is 330 g/mol. The lowest BCUT2D eigenvalue weighted by atomic mass is 10.1. The number of Topliss-reactive ketones (excluding diaryl/α,β-unsaturated/α-hetero) is 1. The summed E-state index contributed by atoms with van der Waals surface area (Å²) in [4.78, 5) is 35.7. The first-order chi connectivity index (χ1) is 12.5. The highest BCUT2D eigenvalue weighted by molar-refractivity contribution is 6.03. The van der Waals surface area contributed by atoms with Crippen LogP contribution in [0, 0.1) is 0 Å². The molecule has 1 aromatic heterocycles. The molecule has 0 fully saturated rings. The Bertz CT molecular complexity index is 993. The maximum atomic E-state index is 12.4. The lowest BCUT2D eigenvalue weighted by Crippen LogP contribution is -2.26. The molecule has 3 aromatic rings. The molecule has 1 amide bonds. The van der Waals surface area contributed by atoms with Gasteiger partial charge < -0.3 is 5.32 Å². The van der Waals surface area contributed by atoms with E-state index >= 15 is 0 Å². The quantitative estimate of drug-likeness (QED) is 0.720. The number of rotatable bonds is 5. The van der Waals surface area contributed by atoms with Crippen LogP contribution in [0.1, 0.15) is 33.3 Å². The van der Waals surface area contributed by atoms with Crippen molar-refractivity contribution in [1.29, 1.82) is 0 Å². The first-order valence-corrected chi connectivity index (χ1v) is 8.07. The Hall–Kier alpha value is -3.54. The van der Waals surface area contributed by atoms with Crippen molar-refractivity contribution >= 4 is 17.4 Å². The van der Waals surface area contributed by atoms with Crippen LogP contribution >= 0.6 is 0 Å². The fourth-order valence-corrected chi connectivity index (χ4v) is 2.42. The van der Waals surface area contributed by atoms with E-state index in [0.29, 0.717) is 11.3 Å². The van der Waals surface area contributed by atoms with Crippen molar-refractivity contribution in [2.45, 2.75) is 13.5 Å². The van der Waals surface area contributed by atoms with E-state index in [-0.39, 0.29) is 23.6 Å². The van der Waals surface area contributed by atoms with Gasteiger partial charge in [-0.25, -0.2) is 4.68 Å². The third-order valence-electron chi connectivity index (χ3n) is 3.82. The van der Waals surface area contributed by atoms with Crippen molar-refractivity contribution in [3.8, 4) is 0 Å². The molecule has 1 heterocycles. The number of carbonyl (C=O) groups excluding carboxylic acids is 2. The maximum Gasteiger partial charge on any atom is 0.276 e. The van der Waals surface area contributed by atoms with Crippen molar-refractivity contribution in [2.24, 2.45) is 0 Å². The van der Waals surface area contributed by atoms with Gasteiger partial charge in [0.15, 0.2) is 5.78 Å². The second kappa shape index (κ2) is 7.57. The zero-order valence-corrected chi connectivity index (χ0v) is 14.2. The number of nitrogens with one attached hydrogen (secondary N) is 1. The summed E-state index contributed by atoms with van der Waals surface area (Å²) in [5.41, 5.74) is 1.88. The van der Waals surface area contributed by atoms with E-state index < -0.39 is 5.91 Å². The number of nitrogens with zero attached hydrogens (tertiary/aromatic N) is 2. The van der Waals surface area contributed by atoms with Gasteiger partial charge in [0.25, 0.3) is 11.5 Å². The van der Waals surface area contributed by atoms with Crippen molar-refractivity contribution in [3.63, 3.8) is 0 Å². The Kier molecular flexibility index (Phi) is 5.03. The molecule has 2 aromatic carbocycles. The molecule has 6 nitrogen and oxygen atoms in total. The van der Waals surface area contributed by atoms with E-state index in [2.05, 4.69) is 10.4 Å². The number of carbonyl (C=O) groups is 2. The van der Waals surface area contributed by atoms with Crippen LogP contribution in [0.25, 0.3) is 0 Å². The standard InChI is InChI=1S/C20H17N3O3/c1-14(24)16-7-9-17(10-8-16)21-20(26)18-11-12-19(25)23(22-18)13-15-5-3-2-4-6-15/h2-12H,13H2,1H3,(H,21,26). The number of hydrogen-bond donors (Lipinski definition) is 1. The van der Waals surface area contributed by atoms with Crippen LogP contribution in [0.3, 0.4) is 0 Å². The molecule has 26 heavy (non-hydrogen) atoms. The lowest BCUT2D eigenvalue weighted by molar-refractivity contribution is 0.101. The zero-order valence-electron chi connectivity index (χ0n) is 14.2. The van der Waals surface area contributed by atoms with Crippen molar-refractivity contribution in [1.82, 2.24) is 9.78 Å². The van der Waals surface area contributed by atoms with Crippen molar-refractivity contribution in [3.05, 3.63) is 93.9 Å². The molecule has 0 aliphatic carbocycles. The van der Waals surface area contributed by atoms with E-state index in [9.17, 15) is 14.4 Å². The van der Waals surface area contributed by atoms with E-state index in [0.717, 1.165) is 5.56 Å². The number of aromatic nitrogens is 2. The summed E-state index contributed by atoms with van der Waals surface area (Å²) in [5, 5.41) is 6.85. The third-order valence-corrected chi connectivity index (χ3v) is 3.82. The summed E-state index contributed by atoms with van der Waals surface area (Å²) < 4.78 is 1.25. The number of amides is 1. The van der Waals surface area contributed by atoms with E-state index in [1.807, 2.05) is 30.3 Å². The molecule has 0 spiro atoms. The molecule has 1 N–H and O–H groups in total. The van der Waals surface area contributed by atoms with E-state index in [1.54, 1.807) is 24.3 Å². The van der Waals surface area contributed by atoms with Crippen LogP contribution in [-0.2, 0) is 6.54 Å².